The van der Waals surface area contributed by atoms with Crippen molar-refractivity contribution in [2.45, 2.75) is 38.6 Å². The zero-order valence-electron chi connectivity index (χ0n) is 11.1. The largest absolute Gasteiger partial charge is 0.368 e. The van der Waals surface area contributed by atoms with Gasteiger partial charge in [0.15, 0.2) is 5.69 Å². The minimum atomic E-state index is 0.464. The molecule has 4 heteroatoms. The van der Waals surface area contributed by atoms with E-state index < -0.39 is 0 Å². The maximum Gasteiger partial charge on any atom is 0.159 e. The molecule has 0 spiro atoms. The van der Waals surface area contributed by atoms with Crippen LogP contribution in [0.5, 0.6) is 0 Å². The minimum Gasteiger partial charge on any atom is -0.368 e. The number of imidazole rings is 1. The number of nitriles is 1. The average Bonchev–Trinajstić information content (AvgIpc) is 2.85. The Balaban J connectivity index is 1.84. The Kier molecular flexibility index (Phi) is 3.12. The molecule has 0 aliphatic heterocycles. The van der Waals surface area contributed by atoms with E-state index in [0.29, 0.717) is 11.7 Å². The van der Waals surface area contributed by atoms with Crippen LogP contribution in [-0.2, 0) is 0 Å². The topological polar surface area (TPSA) is 53.1 Å². The molecule has 1 saturated carbocycles. The second-order valence-corrected chi connectivity index (χ2v) is 5.48. The summed E-state index contributed by atoms with van der Waals surface area (Å²) in [7, 11) is 0. The van der Waals surface area contributed by atoms with Crippen molar-refractivity contribution in [2.24, 2.45) is 5.92 Å². The molecule has 1 fully saturated rings. The number of fused-ring (bicyclic) bond motifs is 1. The van der Waals surface area contributed by atoms with Gasteiger partial charge < -0.3 is 5.32 Å². The summed E-state index contributed by atoms with van der Waals surface area (Å²) in [4.78, 5) is 4.26. The summed E-state index contributed by atoms with van der Waals surface area (Å²) < 4.78 is 1.97. The molecule has 0 aromatic carbocycles. The quantitative estimate of drug-likeness (QED) is 0.895. The van der Waals surface area contributed by atoms with Crippen LogP contribution in [0.2, 0.25) is 0 Å². The summed E-state index contributed by atoms with van der Waals surface area (Å²) >= 11 is 0. The second-order valence-electron chi connectivity index (χ2n) is 5.48. The molecule has 0 radical (unpaired) electrons. The third kappa shape index (κ3) is 2.41. The minimum absolute atomic E-state index is 0.464. The number of aromatic nitrogens is 2. The highest BCUT2D eigenvalue weighted by Crippen LogP contribution is 2.26. The molecule has 4 nitrogen and oxygen atoms in total. The highest BCUT2D eigenvalue weighted by atomic mass is 15.1. The Morgan fingerprint density at radius 2 is 2.11 bits per heavy atom. The zero-order chi connectivity index (χ0) is 13.2. The lowest BCUT2D eigenvalue weighted by molar-refractivity contribution is 0.360. The first-order chi connectivity index (χ1) is 9.26. The van der Waals surface area contributed by atoms with E-state index in [4.69, 9.17) is 5.26 Å². The second kappa shape index (κ2) is 4.93. The van der Waals surface area contributed by atoms with Gasteiger partial charge in [0.1, 0.15) is 17.5 Å². The van der Waals surface area contributed by atoms with Gasteiger partial charge in [-0.2, -0.15) is 5.26 Å². The van der Waals surface area contributed by atoms with Crippen LogP contribution >= 0.6 is 0 Å². The Hall–Kier alpha value is -2.02. The van der Waals surface area contributed by atoms with Gasteiger partial charge in [0.25, 0.3) is 0 Å². The highest BCUT2D eigenvalue weighted by Gasteiger charge is 2.18. The first-order valence-electron chi connectivity index (χ1n) is 6.91. The molecule has 98 valence electrons. The van der Waals surface area contributed by atoms with E-state index >= 15 is 0 Å². The lowest BCUT2D eigenvalue weighted by atomic mass is 9.87. The average molecular weight is 254 g/mol. The van der Waals surface area contributed by atoms with Crippen LogP contribution in [0.25, 0.3) is 5.65 Å². The van der Waals surface area contributed by atoms with Crippen LogP contribution < -0.4 is 5.32 Å². The van der Waals surface area contributed by atoms with Crippen LogP contribution in [-0.4, -0.2) is 15.4 Å². The molecule has 1 N–H and O–H groups in total. The van der Waals surface area contributed by atoms with E-state index in [1.807, 2.05) is 22.6 Å². The molecule has 19 heavy (non-hydrogen) atoms. The summed E-state index contributed by atoms with van der Waals surface area (Å²) in [5, 5.41) is 12.5. The van der Waals surface area contributed by atoms with Gasteiger partial charge in [0.2, 0.25) is 0 Å². The third-order valence-corrected chi connectivity index (χ3v) is 3.97. The molecule has 1 aliphatic carbocycles. The predicted molar refractivity (Wildman–Crippen MR) is 74.9 cm³/mol. The molecular formula is C15H18N4. The number of hydrogen-bond donors (Lipinski definition) is 1. The molecule has 1 aliphatic rings. The Morgan fingerprint density at radius 3 is 2.84 bits per heavy atom. The number of anilines is 1. The van der Waals surface area contributed by atoms with E-state index in [1.165, 1.54) is 25.7 Å². The standard InChI is InChI=1S/C15H18N4/c1-11-5-7-12(8-6-11)17-14-3-2-4-15-18-13(9-16)10-19(14)15/h2-4,10-12,17H,5-8H2,1H3/t11-,12+. The molecular weight excluding hydrogens is 236 g/mol. The summed E-state index contributed by atoms with van der Waals surface area (Å²) in [5.74, 6) is 1.89. The first kappa shape index (κ1) is 12.0. The van der Waals surface area contributed by atoms with Gasteiger partial charge in [0.05, 0.1) is 0 Å². The number of rotatable bonds is 2. The summed E-state index contributed by atoms with van der Waals surface area (Å²) in [6, 6.07) is 8.59. The van der Waals surface area contributed by atoms with Crippen LogP contribution in [0.15, 0.2) is 24.4 Å². The van der Waals surface area contributed by atoms with Gasteiger partial charge in [-0.3, -0.25) is 4.40 Å². The van der Waals surface area contributed by atoms with Crippen molar-refractivity contribution in [1.82, 2.24) is 9.38 Å². The molecule has 2 aromatic heterocycles. The van der Waals surface area contributed by atoms with Crippen LogP contribution in [0.1, 0.15) is 38.3 Å². The molecule has 2 heterocycles. The van der Waals surface area contributed by atoms with E-state index in [1.54, 1.807) is 6.20 Å². The fourth-order valence-corrected chi connectivity index (χ4v) is 2.80. The molecule has 2 aromatic rings. The molecule has 0 bridgehead atoms. The number of hydrogen-bond acceptors (Lipinski definition) is 3. The monoisotopic (exact) mass is 254 g/mol. The van der Waals surface area contributed by atoms with Crippen molar-refractivity contribution >= 4 is 11.5 Å². The maximum absolute atomic E-state index is 8.93. The van der Waals surface area contributed by atoms with Gasteiger partial charge in [-0.05, 0) is 43.7 Å². The van der Waals surface area contributed by atoms with Crippen LogP contribution in [0.3, 0.4) is 0 Å². The number of nitrogens with one attached hydrogen (secondary N) is 1. The van der Waals surface area contributed by atoms with Gasteiger partial charge in [-0.25, -0.2) is 4.98 Å². The Morgan fingerprint density at radius 1 is 1.32 bits per heavy atom. The van der Waals surface area contributed by atoms with Crippen LogP contribution in [0, 0.1) is 17.2 Å². The molecule has 0 atom stereocenters. The van der Waals surface area contributed by atoms with E-state index in [9.17, 15) is 0 Å². The normalized spacial score (nSPS) is 23.2. The fourth-order valence-electron chi connectivity index (χ4n) is 2.80. The Bertz CT molecular complexity index is 615. The van der Waals surface area contributed by atoms with E-state index in [2.05, 4.69) is 23.3 Å². The van der Waals surface area contributed by atoms with Crippen molar-refractivity contribution < 1.29 is 0 Å². The molecule has 3 rings (SSSR count). The maximum atomic E-state index is 8.93. The van der Waals surface area contributed by atoms with Crippen molar-refractivity contribution in [1.29, 1.82) is 5.26 Å². The number of nitrogens with zero attached hydrogens (tertiary/aromatic N) is 3. The van der Waals surface area contributed by atoms with Crippen molar-refractivity contribution in [3.63, 3.8) is 0 Å². The lowest BCUT2D eigenvalue weighted by Gasteiger charge is -2.27. The first-order valence-corrected chi connectivity index (χ1v) is 6.91. The lowest BCUT2D eigenvalue weighted by Crippen LogP contribution is -2.26. The SMILES string of the molecule is C[C@H]1CC[C@@H](Nc2cccc3nc(C#N)cn23)CC1. The summed E-state index contributed by atoms with van der Waals surface area (Å²) in [6.07, 6.45) is 6.82. The summed E-state index contributed by atoms with van der Waals surface area (Å²) in [5.41, 5.74) is 1.29. The van der Waals surface area contributed by atoms with E-state index in [0.717, 1.165) is 17.4 Å². The van der Waals surface area contributed by atoms with Gasteiger partial charge >= 0.3 is 0 Å². The highest BCUT2D eigenvalue weighted by molar-refractivity contribution is 5.52. The predicted octanol–water partition coefficient (Wildman–Crippen LogP) is 3.20. The van der Waals surface area contributed by atoms with Crippen molar-refractivity contribution in [2.75, 3.05) is 5.32 Å². The van der Waals surface area contributed by atoms with Gasteiger partial charge in [-0.15, -0.1) is 0 Å². The zero-order valence-corrected chi connectivity index (χ0v) is 11.1. The molecule has 0 amide bonds. The van der Waals surface area contributed by atoms with Crippen LogP contribution in [0.4, 0.5) is 5.82 Å². The number of pyridine rings is 1. The van der Waals surface area contributed by atoms with Gasteiger partial charge in [0, 0.05) is 12.2 Å². The smallest absolute Gasteiger partial charge is 0.159 e. The van der Waals surface area contributed by atoms with Gasteiger partial charge in [-0.1, -0.05) is 13.0 Å². The third-order valence-electron chi connectivity index (χ3n) is 3.97. The van der Waals surface area contributed by atoms with Crippen molar-refractivity contribution in [3.8, 4) is 6.07 Å². The van der Waals surface area contributed by atoms with Crippen molar-refractivity contribution in [3.05, 3.63) is 30.1 Å². The van der Waals surface area contributed by atoms with E-state index in [-0.39, 0.29) is 0 Å². The molecule has 0 unspecified atom stereocenters. The fraction of sp³-hybridized carbons (Fsp3) is 0.467. The summed E-state index contributed by atoms with van der Waals surface area (Å²) in [6.45, 7) is 2.33. The Labute approximate surface area is 113 Å². The molecule has 0 saturated heterocycles.